The number of benzene rings is 1. The van der Waals surface area contributed by atoms with Crippen LogP contribution in [0.1, 0.15) is 55.8 Å². The predicted octanol–water partition coefficient (Wildman–Crippen LogP) is 4.83. The summed E-state index contributed by atoms with van der Waals surface area (Å²) in [6.45, 7) is 2.96. The van der Waals surface area contributed by atoms with Crippen molar-refractivity contribution in [2.45, 2.75) is 50.3 Å². The number of hydrogen-bond donors (Lipinski definition) is 2. The van der Waals surface area contributed by atoms with Crippen LogP contribution in [-0.2, 0) is 0 Å². The van der Waals surface area contributed by atoms with Gasteiger partial charge in [0.1, 0.15) is 0 Å². The molecule has 1 rings (SSSR count). The van der Waals surface area contributed by atoms with Crippen molar-refractivity contribution in [3.63, 3.8) is 0 Å². The van der Waals surface area contributed by atoms with Crippen LogP contribution in [-0.4, -0.2) is 12.5 Å². The van der Waals surface area contributed by atoms with Crippen LogP contribution in [0.3, 0.4) is 0 Å². The molecular formula is C15H22BrNOS. The van der Waals surface area contributed by atoms with Crippen LogP contribution in [0.15, 0.2) is 27.6 Å². The third-order valence-corrected chi connectivity index (χ3v) is 3.98. The average Bonchev–Trinajstić information content (AvgIpc) is 2.40. The smallest absolute Gasteiger partial charge is 0.252 e. The Kier molecular flexibility index (Phi) is 8.22. The number of unbranched alkanes of at least 4 members (excludes halogenated alkanes) is 5. The van der Waals surface area contributed by atoms with Crippen LogP contribution in [0.25, 0.3) is 0 Å². The molecule has 1 aromatic rings. The minimum atomic E-state index is -0.0312. The molecule has 1 amide bonds. The van der Waals surface area contributed by atoms with Gasteiger partial charge in [0, 0.05) is 15.9 Å². The molecule has 4 heteroatoms. The Balaban J connectivity index is 2.26. The second kappa shape index (κ2) is 9.43. The molecule has 0 saturated heterocycles. The first-order chi connectivity index (χ1) is 9.15. The van der Waals surface area contributed by atoms with E-state index in [1.54, 1.807) is 6.07 Å². The highest BCUT2D eigenvalue weighted by Crippen LogP contribution is 2.20. The second-order valence-corrected chi connectivity index (χ2v) is 6.06. The van der Waals surface area contributed by atoms with Crippen molar-refractivity contribution in [2.24, 2.45) is 0 Å². The molecule has 0 unspecified atom stereocenters. The Morgan fingerprint density at radius 2 is 1.89 bits per heavy atom. The summed E-state index contributed by atoms with van der Waals surface area (Å²) in [7, 11) is 0. The summed E-state index contributed by atoms with van der Waals surface area (Å²) in [6.07, 6.45) is 7.39. The Hall–Kier alpha value is -0.480. The van der Waals surface area contributed by atoms with Gasteiger partial charge < -0.3 is 5.32 Å². The van der Waals surface area contributed by atoms with Gasteiger partial charge in [0.25, 0.3) is 5.91 Å². The Labute approximate surface area is 129 Å². The van der Waals surface area contributed by atoms with Crippen LogP contribution < -0.4 is 5.32 Å². The maximum absolute atomic E-state index is 12.0. The molecule has 2 nitrogen and oxygen atoms in total. The minimum Gasteiger partial charge on any atom is -0.352 e. The molecule has 19 heavy (non-hydrogen) atoms. The van der Waals surface area contributed by atoms with Gasteiger partial charge in [0.2, 0.25) is 0 Å². The average molecular weight is 344 g/mol. The lowest BCUT2D eigenvalue weighted by Crippen LogP contribution is -2.24. The lowest BCUT2D eigenvalue weighted by Gasteiger charge is -2.07. The zero-order valence-corrected chi connectivity index (χ0v) is 13.9. The molecule has 0 aromatic heterocycles. The largest absolute Gasteiger partial charge is 0.352 e. The van der Waals surface area contributed by atoms with Crippen molar-refractivity contribution >= 4 is 34.5 Å². The van der Waals surface area contributed by atoms with Crippen LogP contribution in [0.2, 0.25) is 0 Å². The molecule has 0 aliphatic rings. The first kappa shape index (κ1) is 16.6. The number of hydrogen-bond acceptors (Lipinski definition) is 2. The van der Waals surface area contributed by atoms with E-state index in [1.165, 1.54) is 32.1 Å². The molecule has 1 aromatic carbocycles. The van der Waals surface area contributed by atoms with Gasteiger partial charge in [-0.1, -0.05) is 39.0 Å². The van der Waals surface area contributed by atoms with Gasteiger partial charge in [-0.3, -0.25) is 4.79 Å². The summed E-state index contributed by atoms with van der Waals surface area (Å²) >= 11 is 7.64. The molecular weight excluding hydrogens is 322 g/mol. The number of nitrogens with one attached hydrogen (secondary N) is 1. The lowest BCUT2D eigenvalue weighted by atomic mass is 10.1. The van der Waals surface area contributed by atoms with Crippen LogP contribution >= 0.6 is 28.6 Å². The summed E-state index contributed by atoms with van der Waals surface area (Å²) < 4.78 is 0.811. The second-order valence-electron chi connectivity index (χ2n) is 4.69. The number of carbonyl (C=O) groups is 1. The van der Waals surface area contributed by atoms with Crippen molar-refractivity contribution in [1.82, 2.24) is 5.32 Å². The number of amides is 1. The van der Waals surface area contributed by atoms with Crippen LogP contribution in [0.4, 0.5) is 0 Å². The van der Waals surface area contributed by atoms with E-state index in [4.69, 9.17) is 0 Å². The van der Waals surface area contributed by atoms with Gasteiger partial charge in [-0.15, -0.1) is 12.6 Å². The highest BCUT2D eigenvalue weighted by Gasteiger charge is 2.09. The third-order valence-electron chi connectivity index (χ3n) is 3.01. The van der Waals surface area contributed by atoms with E-state index in [0.717, 1.165) is 22.3 Å². The van der Waals surface area contributed by atoms with E-state index in [9.17, 15) is 4.79 Å². The van der Waals surface area contributed by atoms with Crippen LogP contribution in [0.5, 0.6) is 0 Å². The molecule has 0 atom stereocenters. The quantitative estimate of drug-likeness (QED) is 0.513. The topological polar surface area (TPSA) is 29.1 Å². The highest BCUT2D eigenvalue weighted by atomic mass is 79.9. The predicted molar refractivity (Wildman–Crippen MR) is 87.1 cm³/mol. The van der Waals surface area contributed by atoms with E-state index < -0.39 is 0 Å². The van der Waals surface area contributed by atoms with Gasteiger partial charge in [0.15, 0.2) is 0 Å². The minimum absolute atomic E-state index is 0.0312. The molecule has 1 N–H and O–H groups in total. The molecule has 0 spiro atoms. The maximum Gasteiger partial charge on any atom is 0.252 e. The molecule has 0 aliphatic carbocycles. The Morgan fingerprint density at radius 1 is 1.21 bits per heavy atom. The zero-order valence-electron chi connectivity index (χ0n) is 11.4. The molecule has 0 heterocycles. The highest BCUT2D eigenvalue weighted by molar-refractivity contribution is 9.10. The first-order valence-corrected chi connectivity index (χ1v) is 8.16. The molecule has 106 valence electrons. The van der Waals surface area contributed by atoms with Gasteiger partial charge >= 0.3 is 0 Å². The Morgan fingerprint density at radius 3 is 2.63 bits per heavy atom. The van der Waals surface area contributed by atoms with Crippen molar-refractivity contribution < 1.29 is 4.79 Å². The summed E-state index contributed by atoms with van der Waals surface area (Å²) in [5.41, 5.74) is 0.651. The third kappa shape index (κ3) is 6.48. The van der Waals surface area contributed by atoms with Gasteiger partial charge in [-0.2, -0.15) is 0 Å². The monoisotopic (exact) mass is 343 g/mol. The zero-order chi connectivity index (χ0) is 14.1. The molecule has 0 radical (unpaired) electrons. The van der Waals surface area contributed by atoms with Crippen molar-refractivity contribution in [3.05, 3.63) is 28.2 Å². The van der Waals surface area contributed by atoms with Crippen molar-refractivity contribution in [2.75, 3.05) is 6.54 Å². The summed E-state index contributed by atoms with van der Waals surface area (Å²) in [6, 6.07) is 5.49. The number of halogens is 1. The SMILES string of the molecule is CCCCCCCCNC(=O)c1cc(S)ccc1Br. The number of rotatable bonds is 8. The van der Waals surface area contributed by atoms with E-state index in [1.807, 2.05) is 12.1 Å². The standard InChI is InChI=1S/C15H22BrNOS/c1-2-3-4-5-6-7-10-17-15(18)13-11-12(19)8-9-14(13)16/h8-9,11,19H,2-7,10H2,1H3,(H,17,18). The molecule has 0 saturated carbocycles. The van der Waals surface area contributed by atoms with Gasteiger partial charge in [-0.25, -0.2) is 0 Å². The first-order valence-electron chi connectivity index (χ1n) is 6.92. The van der Waals surface area contributed by atoms with E-state index in [-0.39, 0.29) is 5.91 Å². The maximum atomic E-state index is 12.0. The normalized spacial score (nSPS) is 10.5. The van der Waals surface area contributed by atoms with Crippen molar-refractivity contribution in [1.29, 1.82) is 0 Å². The van der Waals surface area contributed by atoms with E-state index >= 15 is 0 Å². The van der Waals surface area contributed by atoms with Gasteiger partial charge in [-0.05, 0) is 40.5 Å². The molecule has 0 aliphatic heterocycles. The summed E-state index contributed by atoms with van der Waals surface area (Å²) in [5, 5.41) is 2.96. The lowest BCUT2D eigenvalue weighted by molar-refractivity contribution is 0.0952. The number of carbonyl (C=O) groups excluding carboxylic acids is 1. The van der Waals surface area contributed by atoms with E-state index in [0.29, 0.717) is 5.56 Å². The van der Waals surface area contributed by atoms with Crippen molar-refractivity contribution in [3.8, 4) is 0 Å². The fourth-order valence-electron chi connectivity index (χ4n) is 1.89. The summed E-state index contributed by atoms with van der Waals surface area (Å²) in [5.74, 6) is -0.0312. The summed E-state index contributed by atoms with van der Waals surface area (Å²) in [4.78, 5) is 12.8. The van der Waals surface area contributed by atoms with Gasteiger partial charge in [0.05, 0.1) is 5.56 Å². The molecule has 0 bridgehead atoms. The Bertz CT molecular complexity index is 409. The number of thiol groups is 1. The van der Waals surface area contributed by atoms with E-state index in [2.05, 4.69) is 40.8 Å². The van der Waals surface area contributed by atoms with Crippen LogP contribution in [0, 0.1) is 0 Å². The fraction of sp³-hybridized carbons (Fsp3) is 0.533. The fourth-order valence-corrected chi connectivity index (χ4v) is 2.52. The molecule has 0 fully saturated rings.